The smallest absolute Gasteiger partial charge is 0.243 e. The van der Waals surface area contributed by atoms with E-state index < -0.39 is 10.0 Å². The molecular formula is C23H26N4O4S. The molecule has 2 aromatic carbocycles. The van der Waals surface area contributed by atoms with E-state index in [9.17, 15) is 18.3 Å². The Morgan fingerprint density at radius 2 is 1.69 bits per heavy atom. The number of phenols is 1. The van der Waals surface area contributed by atoms with Crippen LogP contribution in [0.4, 0.5) is 5.69 Å². The number of nitrogens with zero attached hydrogens (tertiary/aromatic N) is 3. The molecule has 0 fully saturated rings. The van der Waals surface area contributed by atoms with Crippen LogP contribution in [0.25, 0.3) is 11.4 Å². The lowest BCUT2D eigenvalue weighted by molar-refractivity contribution is -0.116. The maximum absolute atomic E-state index is 12.5. The monoisotopic (exact) mass is 454 g/mol. The Kier molecular flexibility index (Phi) is 7.55. The molecule has 1 aromatic heterocycles. The highest BCUT2D eigenvalue weighted by Gasteiger charge is 2.21. The minimum atomic E-state index is -3.49. The number of aromatic hydroxyl groups is 1. The number of hydrogen-bond donors (Lipinski definition) is 2. The largest absolute Gasteiger partial charge is 0.508 e. The van der Waals surface area contributed by atoms with Gasteiger partial charge in [0, 0.05) is 25.1 Å². The number of hydrogen-bond acceptors (Lipinski definition) is 6. The first-order valence-corrected chi connectivity index (χ1v) is 11.8. The zero-order chi connectivity index (χ0) is 23.1. The van der Waals surface area contributed by atoms with E-state index in [1.807, 2.05) is 0 Å². The lowest BCUT2D eigenvalue weighted by atomic mass is 10.1. The third-order valence-electron chi connectivity index (χ3n) is 4.95. The molecule has 0 saturated carbocycles. The molecule has 8 nitrogen and oxygen atoms in total. The summed E-state index contributed by atoms with van der Waals surface area (Å²) in [5.41, 5.74) is 2.02. The van der Waals surface area contributed by atoms with Gasteiger partial charge in [0.15, 0.2) is 5.82 Å². The van der Waals surface area contributed by atoms with Gasteiger partial charge >= 0.3 is 0 Å². The van der Waals surface area contributed by atoms with Gasteiger partial charge in [-0.1, -0.05) is 38.1 Å². The highest BCUT2D eigenvalue weighted by Crippen LogP contribution is 2.20. The molecule has 2 N–H and O–H groups in total. The fraction of sp³-hybridized carbons (Fsp3) is 0.261. The van der Waals surface area contributed by atoms with Crippen LogP contribution >= 0.6 is 0 Å². The van der Waals surface area contributed by atoms with Crippen molar-refractivity contribution in [3.05, 3.63) is 66.5 Å². The summed E-state index contributed by atoms with van der Waals surface area (Å²) in [6.07, 6.45) is 3.73. The van der Waals surface area contributed by atoms with E-state index in [4.69, 9.17) is 0 Å². The zero-order valence-electron chi connectivity index (χ0n) is 18.0. The molecule has 0 radical (unpaired) electrons. The second-order valence-corrected chi connectivity index (χ2v) is 9.07. The lowest BCUT2D eigenvalue weighted by Crippen LogP contribution is -2.30. The number of anilines is 1. The van der Waals surface area contributed by atoms with Gasteiger partial charge in [0.25, 0.3) is 0 Å². The normalized spacial score (nSPS) is 11.5. The van der Waals surface area contributed by atoms with Gasteiger partial charge in [-0.15, -0.1) is 0 Å². The Morgan fingerprint density at radius 3 is 2.28 bits per heavy atom. The Balaban J connectivity index is 1.56. The maximum Gasteiger partial charge on any atom is 0.243 e. The molecule has 0 aliphatic heterocycles. The van der Waals surface area contributed by atoms with Crippen LogP contribution in [0.5, 0.6) is 5.75 Å². The molecule has 1 amide bonds. The predicted octanol–water partition coefficient (Wildman–Crippen LogP) is 3.45. The predicted molar refractivity (Wildman–Crippen MR) is 123 cm³/mol. The molecule has 9 heteroatoms. The summed E-state index contributed by atoms with van der Waals surface area (Å²) in [7, 11) is -3.49. The molecule has 0 atom stereocenters. The fourth-order valence-corrected chi connectivity index (χ4v) is 4.67. The minimum absolute atomic E-state index is 0.127. The number of carbonyl (C=O) groups excluding carboxylic acids is 1. The topological polar surface area (TPSA) is 112 Å². The Bertz CT molecular complexity index is 1160. The number of phenolic OH excluding ortho intramolecular Hbond substituents is 1. The van der Waals surface area contributed by atoms with E-state index in [1.165, 1.54) is 16.7 Å². The highest BCUT2D eigenvalue weighted by molar-refractivity contribution is 7.89. The van der Waals surface area contributed by atoms with Crippen molar-refractivity contribution in [1.82, 2.24) is 14.3 Å². The zero-order valence-corrected chi connectivity index (χ0v) is 18.8. The van der Waals surface area contributed by atoms with Crippen molar-refractivity contribution < 1.29 is 18.3 Å². The maximum atomic E-state index is 12.5. The van der Waals surface area contributed by atoms with Crippen molar-refractivity contribution in [3.63, 3.8) is 0 Å². The van der Waals surface area contributed by atoms with Crippen molar-refractivity contribution >= 4 is 21.6 Å². The van der Waals surface area contributed by atoms with Gasteiger partial charge in [-0.05, 0) is 36.2 Å². The average molecular weight is 455 g/mol. The van der Waals surface area contributed by atoms with Gasteiger partial charge in [0.1, 0.15) is 5.75 Å². The minimum Gasteiger partial charge on any atom is -0.508 e. The number of nitrogens with one attached hydrogen (secondary N) is 1. The Hall–Kier alpha value is -3.30. The molecule has 32 heavy (non-hydrogen) atoms. The van der Waals surface area contributed by atoms with Crippen molar-refractivity contribution in [2.45, 2.75) is 31.6 Å². The van der Waals surface area contributed by atoms with Crippen LogP contribution in [0, 0.1) is 0 Å². The van der Waals surface area contributed by atoms with Gasteiger partial charge in [-0.25, -0.2) is 18.4 Å². The van der Waals surface area contributed by atoms with Crippen molar-refractivity contribution in [2.24, 2.45) is 0 Å². The molecule has 1 heterocycles. The molecule has 0 unspecified atom stereocenters. The molecule has 0 spiro atoms. The Labute approximate surface area is 188 Å². The van der Waals surface area contributed by atoms with Gasteiger partial charge in [-0.2, -0.15) is 4.31 Å². The third kappa shape index (κ3) is 5.68. The van der Waals surface area contributed by atoms with E-state index in [-0.39, 0.29) is 23.0 Å². The van der Waals surface area contributed by atoms with Crippen molar-refractivity contribution in [1.29, 1.82) is 0 Å². The quantitative estimate of drug-likeness (QED) is 0.512. The van der Waals surface area contributed by atoms with Crippen LogP contribution in [0.2, 0.25) is 0 Å². The third-order valence-corrected chi connectivity index (χ3v) is 7.01. The SMILES string of the molecule is CCN(CC)S(=O)(=O)c1ccc(CCC(=O)Nc2cnc(-c3cccc(O)c3)nc2)cc1. The number of aryl methyl sites for hydroxylation is 1. The Morgan fingerprint density at radius 1 is 1.03 bits per heavy atom. The number of sulfonamides is 1. The first-order valence-electron chi connectivity index (χ1n) is 10.3. The highest BCUT2D eigenvalue weighted by atomic mass is 32.2. The molecule has 0 aliphatic carbocycles. The summed E-state index contributed by atoms with van der Waals surface area (Å²) >= 11 is 0. The first kappa shape index (κ1) is 23.4. The van der Waals surface area contributed by atoms with E-state index in [0.717, 1.165) is 5.56 Å². The standard InChI is InChI=1S/C23H26N4O4S/c1-3-27(4-2)32(30,31)21-11-8-17(9-12-21)10-13-22(29)26-19-15-24-23(25-16-19)18-6-5-7-20(28)14-18/h5-9,11-12,14-16,28H,3-4,10,13H2,1-2H3,(H,26,29). The van der Waals surface area contributed by atoms with E-state index in [1.54, 1.807) is 62.4 Å². The molecule has 3 aromatic rings. The van der Waals surface area contributed by atoms with Crippen LogP contribution in [-0.4, -0.2) is 46.8 Å². The van der Waals surface area contributed by atoms with E-state index in [0.29, 0.717) is 36.6 Å². The molecule has 0 saturated heterocycles. The molecule has 0 aliphatic rings. The van der Waals surface area contributed by atoms with E-state index in [2.05, 4.69) is 15.3 Å². The summed E-state index contributed by atoms with van der Waals surface area (Å²) in [5, 5.41) is 12.3. The summed E-state index contributed by atoms with van der Waals surface area (Å²) in [6.45, 7) is 4.44. The summed E-state index contributed by atoms with van der Waals surface area (Å²) < 4.78 is 26.5. The summed E-state index contributed by atoms with van der Waals surface area (Å²) in [4.78, 5) is 21.0. The summed E-state index contributed by atoms with van der Waals surface area (Å²) in [6, 6.07) is 13.2. The number of benzene rings is 2. The van der Waals surface area contributed by atoms with Gasteiger partial charge < -0.3 is 10.4 Å². The summed E-state index contributed by atoms with van der Waals surface area (Å²) in [5.74, 6) is 0.374. The number of amides is 1. The van der Waals surface area contributed by atoms with Crippen LogP contribution in [0.15, 0.2) is 65.8 Å². The molecule has 3 rings (SSSR count). The van der Waals surface area contributed by atoms with Crippen molar-refractivity contribution in [2.75, 3.05) is 18.4 Å². The average Bonchev–Trinajstić information content (AvgIpc) is 2.79. The van der Waals surface area contributed by atoms with Crippen LogP contribution in [0.1, 0.15) is 25.8 Å². The van der Waals surface area contributed by atoms with Crippen LogP contribution in [0.3, 0.4) is 0 Å². The second kappa shape index (κ2) is 10.3. The van der Waals surface area contributed by atoms with Gasteiger partial charge in [0.2, 0.25) is 15.9 Å². The molecule has 0 bridgehead atoms. The molecular weight excluding hydrogens is 428 g/mol. The van der Waals surface area contributed by atoms with Crippen LogP contribution < -0.4 is 5.32 Å². The van der Waals surface area contributed by atoms with Crippen molar-refractivity contribution in [3.8, 4) is 17.1 Å². The number of aromatic nitrogens is 2. The first-order chi connectivity index (χ1) is 15.3. The van der Waals surface area contributed by atoms with Crippen LogP contribution in [-0.2, 0) is 21.2 Å². The fourth-order valence-electron chi connectivity index (χ4n) is 3.21. The van der Waals surface area contributed by atoms with Gasteiger partial charge in [0.05, 0.1) is 23.0 Å². The van der Waals surface area contributed by atoms with E-state index >= 15 is 0 Å². The lowest BCUT2D eigenvalue weighted by Gasteiger charge is -2.18. The second-order valence-electron chi connectivity index (χ2n) is 7.13. The van der Waals surface area contributed by atoms with Gasteiger partial charge in [-0.3, -0.25) is 4.79 Å². The number of rotatable bonds is 9. The molecule has 168 valence electrons. The number of carbonyl (C=O) groups is 1.